The number of benzene rings is 9. The summed E-state index contributed by atoms with van der Waals surface area (Å²) in [5, 5.41) is 4.61. The minimum absolute atomic E-state index is 0.679. The van der Waals surface area contributed by atoms with Gasteiger partial charge in [-0.05, 0) is 110 Å². The summed E-state index contributed by atoms with van der Waals surface area (Å²) in [5.41, 5.74) is 15.6. The minimum atomic E-state index is 0.679. The van der Waals surface area contributed by atoms with E-state index in [9.17, 15) is 0 Å². The second-order valence-corrected chi connectivity index (χ2v) is 15.0. The molecule has 0 amide bonds. The zero-order chi connectivity index (χ0) is 39.1. The highest BCUT2D eigenvalue weighted by Crippen LogP contribution is 2.39. The molecule has 59 heavy (non-hydrogen) atoms. The molecule has 0 aliphatic carbocycles. The molecule has 0 N–H and O–H groups in total. The summed E-state index contributed by atoms with van der Waals surface area (Å²) in [6.45, 7) is 0. The maximum absolute atomic E-state index is 6.23. The zero-order valence-corrected chi connectivity index (χ0v) is 32.1. The summed E-state index contributed by atoms with van der Waals surface area (Å²) in [4.78, 5) is 10.6. The van der Waals surface area contributed by atoms with Crippen molar-refractivity contribution in [2.24, 2.45) is 0 Å². The first-order valence-corrected chi connectivity index (χ1v) is 20.0. The molecule has 0 radical (unpaired) electrons. The molecular weight excluding hydrogens is 717 g/mol. The average Bonchev–Trinajstić information content (AvgIpc) is 3.70. The van der Waals surface area contributed by atoms with Crippen molar-refractivity contribution >= 4 is 32.7 Å². The van der Waals surface area contributed by atoms with Crippen molar-refractivity contribution in [1.82, 2.24) is 9.97 Å². The van der Waals surface area contributed by atoms with Crippen LogP contribution in [0.4, 0.5) is 0 Å². The highest BCUT2D eigenvalue weighted by molar-refractivity contribution is 6.06. The second-order valence-electron chi connectivity index (χ2n) is 15.0. The molecule has 9 aromatic carbocycles. The fourth-order valence-electron chi connectivity index (χ4n) is 8.31. The van der Waals surface area contributed by atoms with Crippen LogP contribution in [0.25, 0.3) is 111 Å². The van der Waals surface area contributed by atoms with E-state index in [4.69, 9.17) is 14.4 Å². The quantitative estimate of drug-likeness (QED) is 0.163. The van der Waals surface area contributed by atoms with E-state index in [0.29, 0.717) is 5.82 Å². The van der Waals surface area contributed by atoms with Crippen LogP contribution in [0, 0.1) is 0 Å². The molecule has 0 aliphatic rings. The Hall–Kier alpha value is -7.88. The smallest absolute Gasteiger partial charge is 0.160 e. The van der Waals surface area contributed by atoms with E-state index < -0.39 is 0 Å². The van der Waals surface area contributed by atoms with E-state index in [1.807, 2.05) is 30.3 Å². The van der Waals surface area contributed by atoms with Crippen LogP contribution in [0.2, 0.25) is 0 Å². The lowest BCUT2D eigenvalue weighted by Crippen LogP contribution is -1.97. The standard InChI is InChI=1S/C56H36N2O/c1-3-14-37(15-4-1)40-20-11-21-41(30-40)42-22-12-23-44(31-42)52-36-53(58-56(57-52)39-17-5-2-6-18-39)47-33-45(32-46(34-47)49-26-13-19-38-16-7-8-24-48(38)49)43-28-29-55-51(35-43)50-25-9-10-27-54(50)59-55/h1-36H. The van der Waals surface area contributed by atoms with E-state index in [2.05, 4.69) is 188 Å². The van der Waals surface area contributed by atoms with Crippen LogP contribution in [0.15, 0.2) is 223 Å². The summed E-state index contributed by atoms with van der Waals surface area (Å²) in [7, 11) is 0. The number of para-hydroxylation sites is 1. The van der Waals surface area contributed by atoms with E-state index >= 15 is 0 Å². The largest absolute Gasteiger partial charge is 0.456 e. The molecule has 0 saturated heterocycles. The molecular formula is C56H36N2O. The van der Waals surface area contributed by atoms with Gasteiger partial charge in [0.1, 0.15) is 11.2 Å². The summed E-state index contributed by atoms with van der Waals surface area (Å²) in [5.74, 6) is 0.679. The molecule has 0 bridgehead atoms. The Labute approximate surface area is 342 Å². The van der Waals surface area contributed by atoms with E-state index in [0.717, 1.165) is 77.8 Å². The Balaban J connectivity index is 1.10. The molecule has 276 valence electrons. The van der Waals surface area contributed by atoms with Crippen molar-refractivity contribution in [3.8, 4) is 78.4 Å². The third-order valence-electron chi connectivity index (χ3n) is 11.3. The fourth-order valence-corrected chi connectivity index (χ4v) is 8.31. The summed E-state index contributed by atoms with van der Waals surface area (Å²) < 4.78 is 6.23. The first-order valence-electron chi connectivity index (χ1n) is 20.0. The van der Waals surface area contributed by atoms with E-state index in [1.54, 1.807) is 0 Å². The SMILES string of the molecule is c1ccc(-c2cccc(-c3cccc(-c4cc(-c5cc(-c6ccc7oc8ccccc8c7c6)cc(-c6cccc7ccccc67)c5)nc(-c5ccccc5)n4)c3)c2)cc1. The van der Waals surface area contributed by atoms with E-state index in [1.165, 1.54) is 27.5 Å². The molecule has 0 atom stereocenters. The molecule has 11 rings (SSSR count). The maximum Gasteiger partial charge on any atom is 0.160 e. The van der Waals surface area contributed by atoms with Gasteiger partial charge >= 0.3 is 0 Å². The lowest BCUT2D eigenvalue weighted by molar-refractivity contribution is 0.669. The molecule has 3 nitrogen and oxygen atoms in total. The monoisotopic (exact) mass is 752 g/mol. The van der Waals surface area contributed by atoms with Crippen LogP contribution in [0.3, 0.4) is 0 Å². The predicted octanol–water partition coefficient (Wildman–Crippen LogP) is 15.2. The first-order chi connectivity index (χ1) is 29.2. The molecule has 3 heteroatoms. The maximum atomic E-state index is 6.23. The van der Waals surface area contributed by atoms with Gasteiger partial charge in [0.05, 0.1) is 11.4 Å². The Morgan fingerprint density at radius 3 is 1.58 bits per heavy atom. The molecule has 11 aromatic rings. The highest BCUT2D eigenvalue weighted by Gasteiger charge is 2.16. The number of nitrogens with zero attached hydrogens (tertiary/aromatic N) is 2. The second kappa shape index (κ2) is 14.6. The number of rotatable bonds is 7. The highest BCUT2D eigenvalue weighted by atomic mass is 16.3. The topological polar surface area (TPSA) is 38.9 Å². The van der Waals surface area contributed by atoms with Crippen LogP contribution in [-0.2, 0) is 0 Å². The molecule has 2 aromatic heterocycles. The molecule has 0 spiro atoms. The number of aromatic nitrogens is 2. The lowest BCUT2D eigenvalue weighted by atomic mass is 9.91. The number of hydrogen-bond donors (Lipinski definition) is 0. The molecule has 0 saturated carbocycles. The lowest BCUT2D eigenvalue weighted by Gasteiger charge is -2.15. The van der Waals surface area contributed by atoms with Crippen LogP contribution >= 0.6 is 0 Å². The third-order valence-corrected chi connectivity index (χ3v) is 11.3. The molecule has 0 unspecified atom stereocenters. The Bertz CT molecular complexity index is 3320. The normalized spacial score (nSPS) is 11.4. The summed E-state index contributed by atoms with van der Waals surface area (Å²) >= 11 is 0. The van der Waals surface area contributed by atoms with Gasteiger partial charge in [-0.3, -0.25) is 0 Å². The van der Waals surface area contributed by atoms with Crippen LogP contribution < -0.4 is 0 Å². The minimum Gasteiger partial charge on any atom is -0.456 e. The summed E-state index contributed by atoms with van der Waals surface area (Å²) in [6.07, 6.45) is 0. The van der Waals surface area contributed by atoms with Gasteiger partial charge in [-0.25, -0.2) is 9.97 Å². The van der Waals surface area contributed by atoms with Gasteiger partial charge in [0.15, 0.2) is 5.82 Å². The summed E-state index contributed by atoms with van der Waals surface area (Å²) in [6, 6.07) is 77.1. The van der Waals surface area contributed by atoms with Crippen molar-refractivity contribution in [3.05, 3.63) is 218 Å². The van der Waals surface area contributed by atoms with Gasteiger partial charge in [-0.2, -0.15) is 0 Å². The van der Waals surface area contributed by atoms with Crippen molar-refractivity contribution in [2.75, 3.05) is 0 Å². The Morgan fingerprint density at radius 1 is 0.271 bits per heavy atom. The van der Waals surface area contributed by atoms with Gasteiger partial charge in [-0.15, -0.1) is 0 Å². The van der Waals surface area contributed by atoms with Crippen LogP contribution in [0.1, 0.15) is 0 Å². The number of fused-ring (bicyclic) bond motifs is 4. The van der Waals surface area contributed by atoms with Gasteiger partial charge in [0.25, 0.3) is 0 Å². The zero-order valence-electron chi connectivity index (χ0n) is 32.1. The molecule has 0 aliphatic heterocycles. The van der Waals surface area contributed by atoms with Crippen LogP contribution in [0.5, 0.6) is 0 Å². The van der Waals surface area contributed by atoms with Crippen molar-refractivity contribution in [2.45, 2.75) is 0 Å². The van der Waals surface area contributed by atoms with Crippen molar-refractivity contribution < 1.29 is 4.42 Å². The first kappa shape index (κ1) is 34.4. The van der Waals surface area contributed by atoms with Gasteiger partial charge in [0.2, 0.25) is 0 Å². The fraction of sp³-hybridized carbons (Fsp3) is 0. The third kappa shape index (κ3) is 6.55. The Morgan fingerprint density at radius 2 is 0.780 bits per heavy atom. The number of hydrogen-bond acceptors (Lipinski definition) is 3. The predicted molar refractivity (Wildman–Crippen MR) is 245 cm³/mol. The van der Waals surface area contributed by atoms with Crippen molar-refractivity contribution in [3.63, 3.8) is 0 Å². The van der Waals surface area contributed by atoms with Gasteiger partial charge < -0.3 is 4.42 Å². The van der Waals surface area contributed by atoms with Crippen molar-refractivity contribution in [1.29, 1.82) is 0 Å². The van der Waals surface area contributed by atoms with Gasteiger partial charge in [0, 0.05) is 27.5 Å². The molecule has 2 heterocycles. The van der Waals surface area contributed by atoms with Crippen LogP contribution in [-0.4, -0.2) is 9.97 Å². The number of furan rings is 1. The average molecular weight is 753 g/mol. The van der Waals surface area contributed by atoms with E-state index in [-0.39, 0.29) is 0 Å². The molecule has 0 fully saturated rings. The van der Waals surface area contributed by atoms with Gasteiger partial charge in [-0.1, -0.05) is 164 Å². The Kier molecular flexibility index (Phi) is 8.49.